The van der Waals surface area contributed by atoms with Gasteiger partial charge in [0, 0.05) is 12.1 Å². The van der Waals surface area contributed by atoms with Gasteiger partial charge in [-0.25, -0.2) is 10.1 Å². The maximum absolute atomic E-state index is 12.6. The van der Waals surface area contributed by atoms with Crippen molar-refractivity contribution in [2.45, 2.75) is 32.8 Å². The van der Waals surface area contributed by atoms with E-state index in [2.05, 4.69) is 30.7 Å². The van der Waals surface area contributed by atoms with Crippen LogP contribution in [-0.2, 0) is 13.1 Å². The maximum atomic E-state index is 12.6. The van der Waals surface area contributed by atoms with E-state index in [0.29, 0.717) is 40.0 Å². The van der Waals surface area contributed by atoms with Crippen molar-refractivity contribution in [3.05, 3.63) is 87.5 Å². The summed E-state index contributed by atoms with van der Waals surface area (Å²) in [7, 11) is 0. The number of nitrogens with one attached hydrogen (secondary N) is 2. The first-order valence-corrected chi connectivity index (χ1v) is 13.0. The summed E-state index contributed by atoms with van der Waals surface area (Å²) in [6, 6.07) is 15.7. The number of nitrogens with zero attached hydrogens (tertiary/aromatic N) is 6. The summed E-state index contributed by atoms with van der Waals surface area (Å²) in [5, 5.41) is 16.2. The highest BCUT2D eigenvalue weighted by molar-refractivity contribution is 6.42. The Hall–Kier alpha value is -4.36. The van der Waals surface area contributed by atoms with Crippen LogP contribution in [0.3, 0.4) is 0 Å². The van der Waals surface area contributed by atoms with Gasteiger partial charge < -0.3 is 13.9 Å². The van der Waals surface area contributed by atoms with Crippen molar-refractivity contribution in [1.82, 2.24) is 29.8 Å². The van der Waals surface area contributed by atoms with Gasteiger partial charge in [0.25, 0.3) is 5.91 Å². The van der Waals surface area contributed by atoms with E-state index >= 15 is 0 Å². The number of hydrogen-bond donors (Lipinski definition) is 2. The Morgan fingerprint density at radius 2 is 1.68 bits per heavy atom. The molecule has 0 saturated heterocycles. The molecule has 2 aromatic heterocycles. The van der Waals surface area contributed by atoms with Crippen LogP contribution in [0.1, 0.15) is 29.3 Å². The third-order valence-corrected chi connectivity index (χ3v) is 6.68. The summed E-state index contributed by atoms with van der Waals surface area (Å²) in [5.41, 5.74) is 3.73. The molecule has 0 unspecified atom stereocenters. The molecule has 2 heterocycles. The predicted molar refractivity (Wildman–Crippen MR) is 146 cm³/mol. The maximum Gasteiger partial charge on any atom is 0.573 e. The van der Waals surface area contributed by atoms with E-state index < -0.39 is 12.3 Å². The van der Waals surface area contributed by atoms with Crippen LogP contribution in [0.4, 0.5) is 24.8 Å². The van der Waals surface area contributed by atoms with Crippen LogP contribution in [0.5, 0.6) is 5.75 Å². The monoisotopic (exact) mass is 604 g/mol. The van der Waals surface area contributed by atoms with E-state index in [-0.39, 0.29) is 11.7 Å². The number of carbonyl (C=O) groups is 1. The summed E-state index contributed by atoms with van der Waals surface area (Å²) < 4.78 is 45.7. The normalized spacial score (nSPS) is 12.2. The molecule has 0 aliphatic carbocycles. The molecule has 15 heteroatoms. The lowest BCUT2D eigenvalue weighted by Gasteiger charge is -2.09. The lowest BCUT2D eigenvalue weighted by molar-refractivity contribution is -0.274. The molecule has 0 atom stereocenters. The third kappa shape index (κ3) is 6.52. The van der Waals surface area contributed by atoms with Crippen molar-refractivity contribution in [3.63, 3.8) is 0 Å². The van der Waals surface area contributed by atoms with Gasteiger partial charge in [0.2, 0.25) is 11.6 Å². The standard InChI is InChI=1S/C26H21Cl2F3N8O2/c1-2-11-38-21-12-19(27)20(28)13-22(21)39(25(38)32-17-7-9-18(10-8-17)41-26(29,30)31)14-15-3-5-16(6-4-15)23(40)33-24-34-36-37-35-24/h3-10,12-13H,2,11,14H2,1H3,(H2,33,34,35,36,37,40)/b32-25+. The molecule has 0 aliphatic rings. The Morgan fingerprint density at radius 1 is 1.02 bits per heavy atom. The van der Waals surface area contributed by atoms with Gasteiger partial charge in [-0.3, -0.25) is 10.1 Å². The van der Waals surface area contributed by atoms with E-state index in [1.54, 1.807) is 36.4 Å². The summed E-state index contributed by atoms with van der Waals surface area (Å²) in [6.45, 7) is 2.94. The van der Waals surface area contributed by atoms with E-state index in [1.165, 1.54) is 24.3 Å². The van der Waals surface area contributed by atoms with Gasteiger partial charge in [0.15, 0.2) is 0 Å². The molecule has 2 N–H and O–H groups in total. The number of amides is 1. The fourth-order valence-electron chi connectivity index (χ4n) is 4.21. The molecule has 0 bridgehead atoms. The van der Waals surface area contributed by atoms with Gasteiger partial charge in [-0.1, -0.05) is 47.4 Å². The first kappa shape index (κ1) is 28.2. The van der Waals surface area contributed by atoms with Crippen molar-refractivity contribution < 1.29 is 22.7 Å². The zero-order valence-electron chi connectivity index (χ0n) is 21.3. The zero-order valence-corrected chi connectivity index (χ0v) is 22.8. The molecule has 41 heavy (non-hydrogen) atoms. The molecular formula is C26H21Cl2F3N8O2. The van der Waals surface area contributed by atoms with Gasteiger partial charge >= 0.3 is 6.36 Å². The molecule has 0 spiro atoms. The number of fused-ring (bicyclic) bond motifs is 1. The average molecular weight is 605 g/mol. The van der Waals surface area contributed by atoms with Crippen LogP contribution in [-0.4, -0.2) is 42.0 Å². The number of ether oxygens (including phenoxy) is 1. The molecule has 0 aliphatic heterocycles. The molecule has 3 aromatic carbocycles. The van der Waals surface area contributed by atoms with Crippen molar-refractivity contribution in [2.75, 3.05) is 5.32 Å². The van der Waals surface area contributed by atoms with E-state index in [4.69, 9.17) is 28.2 Å². The van der Waals surface area contributed by atoms with Gasteiger partial charge in [0.1, 0.15) is 5.75 Å². The highest BCUT2D eigenvalue weighted by Gasteiger charge is 2.31. The second-order valence-corrected chi connectivity index (χ2v) is 9.66. The largest absolute Gasteiger partial charge is 0.573 e. The number of benzene rings is 3. The Kier molecular flexibility index (Phi) is 7.99. The molecule has 10 nitrogen and oxygen atoms in total. The fraction of sp³-hybridized carbons (Fsp3) is 0.192. The lowest BCUT2D eigenvalue weighted by Crippen LogP contribution is -2.26. The number of rotatable bonds is 8. The van der Waals surface area contributed by atoms with Crippen molar-refractivity contribution >= 4 is 51.8 Å². The minimum Gasteiger partial charge on any atom is -0.406 e. The number of aromatic amines is 1. The van der Waals surface area contributed by atoms with Gasteiger partial charge in [-0.15, -0.1) is 13.2 Å². The molecular weight excluding hydrogens is 584 g/mol. The second kappa shape index (κ2) is 11.6. The number of tetrazole rings is 1. The molecule has 5 rings (SSSR count). The van der Waals surface area contributed by atoms with Crippen LogP contribution in [0, 0.1) is 0 Å². The SMILES string of the molecule is CCCn1/c(=N\c2ccc(OC(F)(F)F)cc2)n(Cc2ccc(C(=O)Nc3nnn[nH]3)cc2)c2cc(Cl)c(Cl)cc21. The smallest absolute Gasteiger partial charge is 0.406 e. The number of H-pyrrole nitrogens is 1. The predicted octanol–water partition coefficient (Wildman–Crippen LogP) is 6.10. The lowest BCUT2D eigenvalue weighted by atomic mass is 10.1. The van der Waals surface area contributed by atoms with Crippen molar-refractivity contribution in [2.24, 2.45) is 4.99 Å². The molecule has 0 radical (unpaired) electrons. The van der Waals surface area contributed by atoms with E-state index in [1.807, 2.05) is 16.1 Å². The highest BCUT2D eigenvalue weighted by atomic mass is 35.5. The first-order valence-electron chi connectivity index (χ1n) is 12.2. The number of halogens is 5. The average Bonchev–Trinajstić information content (AvgIpc) is 3.53. The Morgan fingerprint density at radius 3 is 2.27 bits per heavy atom. The highest BCUT2D eigenvalue weighted by Crippen LogP contribution is 2.29. The first-order chi connectivity index (χ1) is 19.6. The van der Waals surface area contributed by atoms with Crippen LogP contribution >= 0.6 is 23.2 Å². The number of anilines is 1. The molecule has 212 valence electrons. The van der Waals surface area contributed by atoms with Crippen LogP contribution in [0.15, 0.2) is 65.7 Å². The number of hydrogen-bond acceptors (Lipinski definition) is 6. The molecule has 5 aromatic rings. The molecule has 0 saturated carbocycles. The van der Waals surface area contributed by atoms with E-state index in [0.717, 1.165) is 23.0 Å². The molecule has 0 fully saturated rings. The zero-order chi connectivity index (χ0) is 29.1. The topological polar surface area (TPSA) is 115 Å². The minimum absolute atomic E-state index is 0.123. The quantitative estimate of drug-likeness (QED) is 0.222. The second-order valence-electron chi connectivity index (χ2n) is 8.85. The summed E-state index contributed by atoms with van der Waals surface area (Å²) in [5.74, 6) is -0.615. The van der Waals surface area contributed by atoms with Gasteiger partial charge in [-0.05, 0) is 70.9 Å². The Labute approximate surface area is 240 Å². The van der Waals surface area contributed by atoms with Crippen molar-refractivity contribution in [1.29, 1.82) is 0 Å². The molecule has 1 amide bonds. The summed E-state index contributed by atoms with van der Waals surface area (Å²) >= 11 is 12.8. The van der Waals surface area contributed by atoms with Crippen LogP contribution < -0.4 is 15.7 Å². The van der Waals surface area contributed by atoms with Crippen LogP contribution in [0.2, 0.25) is 10.0 Å². The van der Waals surface area contributed by atoms with Gasteiger partial charge in [0.05, 0.1) is 33.3 Å². The summed E-state index contributed by atoms with van der Waals surface area (Å²) in [6.07, 6.45) is -4.02. The van der Waals surface area contributed by atoms with Crippen LogP contribution in [0.25, 0.3) is 11.0 Å². The number of aryl methyl sites for hydroxylation is 1. The number of alkyl halides is 3. The Bertz CT molecular complexity index is 1750. The number of imidazole rings is 1. The fourth-order valence-corrected chi connectivity index (χ4v) is 4.53. The minimum atomic E-state index is -4.79. The number of aromatic nitrogens is 6. The third-order valence-electron chi connectivity index (χ3n) is 5.96. The van der Waals surface area contributed by atoms with Gasteiger partial charge in [-0.2, -0.15) is 0 Å². The van der Waals surface area contributed by atoms with E-state index in [9.17, 15) is 18.0 Å². The number of carbonyl (C=O) groups excluding carboxylic acids is 1. The summed E-state index contributed by atoms with van der Waals surface area (Å²) in [4.78, 5) is 17.3. The Balaban J connectivity index is 1.56. The van der Waals surface area contributed by atoms with Crippen molar-refractivity contribution in [3.8, 4) is 5.75 Å².